The molecule has 0 amide bonds. The van der Waals surface area contributed by atoms with Gasteiger partial charge in [0, 0.05) is 18.2 Å². The number of anilines is 1. The van der Waals surface area contributed by atoms with E-state index >= 15 is 0 Å². The number of fused-ring (bicyclic) bond motifs is 1. The summed E-state index contributed by atoms with van der Waals surface area (Å²) in [7, 11) is 0. The monoisotopic (exact) mass is 163 g/mol. The van der Waals surface area contributed by atoms with Gasteiger partial charge in [0.15, 0.2) is 0 Å². The Hall–Kier alpha value is -1.18. The van der Waals surface area contributed by atoms with Crippen LogP contribution in [0.4, 0.5) is 5.69 Å². The summed E-state index contributed by atoms with van der Waals surface area (Å²) in [6.07, 6.45) is 1.13. The summed E-state index contributed by atoms with van der Waals surface area (Å²) in [6, 6.07) is 5.54. The molecule has 1 aliphatic rings. The molecule has 0 aromatic heterocycles. The Bertz CT molecular complexity index is 296. The standard InChI is InChI=1S/C10H13NO/c1-2-7-6-11-10-4-3-8(12)5-9(7)10/h3-5,7,11-12H,2,6H2,1H3/t7-/m1/s1. The molecule has 12 heavy (non-hydrogen) atoms. The molecule has 1 aromatic carbocycles. The first kappa shape index (κ1) is 7.47. The second-order valence-corrected chi connectivity index (χ2v) is 3.26. The number of benzene rings is 1. The van der Waals surface area contributed by atoms with Gasteiger partial charge in [0.05, 0.1) is 0 Å². The Balaban J connectivity index is 2.42. The maximum Gasteiger partial charge on any atom is 0.116 e. The maximum atomic E-state index is 9.28. The lowest BCUT2D eigenvalue weighted by atomic mass is 9.99. The molecule has 2 rings (SSSR count). The van der Waals surface area contributed by atoms with Crippen LogP contribution < -0.4 is 5.32 Å². The maximum absolute atomic E-state index is 9.28. The van der Waals surface area contributed by atoms with Crippen molar-refractivity contribution in [2.45, 2.75) is 19.3 Å². The Morgan fingerprint density at radius 2 is 2.42 bits per heavy atom. The van der Waals surface area contributed by atoms with E-state index in [-0.39, 0.29) is 0 Å². The van der Waals surface area contributed by atoms with E-state index in [0.717, 1.165) is 13.0 Å². The third-order valence-electron chi connectivity index (χ3n) is 2.51. The van der Waals surface area contributed by atoms with E-state index in [2.05, 4.69) is 12.2 Å². The van der Waals surface area contributed by atoms with Crippen LogP contribution in [0.1, 0.15) is 24.8 Å². The highest BCUT2D eigenvalue weighted by Crippen LogP contribution is 2.35. The van der Waals surface area contributed by atoms with Crippen LogP contribution in [0.25, 0.3) is 0 Å². The molecule has 2 N–H and O–H groups in total. The second-order valence-electron chi connectivity index (χ2n) is 3.26. The van der Waals surface area contributed by atoms with Gasteiger partial charge in [0.2, 0.25) is 0 Å². The molecular weight excluding hydrogens is 150 g/mol. The van der Waals surface area contributed by atoms with Gasteiger partial charge in [0.25, 0.3) is 0 Å². The number of nitrogens with one attached hydrogen (secondary N) is 1. The molecule has 0 saturated carbocycles. The Labute approximate surface area is 72.2 Å². The number of aromatic hydroxyl groups is 1. The van der Waals surface area contributed by atoms with Crippen molar-refractivity contribution in [3.05, 3.63) is 23.8 Å². The van der Waals surface area contributed by atoms with Crippen molar-refractivity contribution in [3.8, 4) is 5.75 Å². The summed E-state index contributed by atoms with van der Waals surface area (Å²) >= 11 is 0. The van der Waals surface area contributed by atoms with E-state index in [1.54, 1.807) is 6.07 Å². The lowest BCUT2D eigenvalue weighted by Gasteiger charge is -2.05. The molecule has 0 radical (unpaired) electrons. The topological polar surface area (TPSA) is 32.3 Å². The van der Waals surface area contributed by atoms with Crippen LogP contribution in [0.5, 0.6) is 5.75 Å². The zero-order chi connectivity index (χ0) is 8.55. The largest absolute Gasteiger partial charge is 0.508 e. The molecule has 0 aliphatic carbocycles. The van der Waals surface area contributed by atoms with Crippen LogP contribution in [0.3, 0.4) is 0 Å². The van der Waals surface area contributed by atoms with Crippen LogP contribution in [-0.4, -0.2) is 11.7 Å². The van der Waals surface area contributed by atoms with E-state index < -0.39 is 0 Å². The first-order valence-electron chi connectivity index (χ1n) is 4.38. The van der Waals surface area contributed by atoms with Crippen molar-refractivity contribution in [2.75, 3.05) is 11.9 Å². The smallest absolute Gasteiger partial charge is 0.116 e. The van der Waals surface area contributed by atoms with Crippen LogP contribution in [0.15, 0.2) is 18.2 Å². The minimum atomic E-state index is 0.371. The highest BCUT2D eigenvalue weighted by molar-refractivity contribution is 5.59. The number of phenols is 1. The van der Waals surface area contributed by atoms with Gasteiger partial charge >= 0.3 is 0 Å². The minimum Gasteiger partial charge on any atom is -0.508 e. The molecule has 2 nitrogen and oxygen atoms in total. The summed E-state index contributed by atoms with van der Waals surface area (Å²) in [4.78, 5) is 0. The van der Waals surface area contributed by atoms with Gasteiger partial charge in [-0.1, -0.05) is 6.92 Å². The van der Waals surface area contributed by atoms with E-state index in [0.29, 0.717) is 11.7 Å². The SMILES string of the molecule is CC[C@@H]1CNc2ccc(O)cc21. The summed E-state index contributed by atoms with van der Waals surface area (Å²) < 4.78 is 0. The highest BCUT2D eigenvalue weighted by atomic mass is 16.3. The Kier molecular flexibility index (Phi) is 1.68. The Morgan fingerprint density at radius 3 is 3.17 bits per heavy atom. The molecule has 1 heterocycles. The van der Waals surface area contributed by atoms with Gasteiger partial charge in [-0.2, -0.15) is 0 Å². The average molecular weight is 163 g/mol. The molecule has 1 aromatic rings. The van der Waals surface area contributed by atoms with Crippen molar-refractivity contribution >= 4 is 5.69 Å². The number of hydrogen-bond donors (Lipinski definition) is 2. The van der Waals surface area contributed by atoms with Gasteiger partial charge in [0.1, 0.15) is 5.75 Å². The van der Waals surface area contributed by atoms with Crippen molar-refractivity contribution in [1.29, 1.82) is 0 Å². The molecule has 2 heteroatoms. The van der Waals surface area contributed by atoms with Crippen LogP contribution in [0.2, 0.25) is 0 Å². The first-order valence-corrected chi connectivity index (χ1v) is 4.38. The van der Waals surface area contributed by atoms with Crippen LogP contribution in [0, 0.1) is 0 Å². The molecule has 64 valence electrons. The van der Waals surface area contributed by atoms with Gasteiger partial charge in [-0.15, -0.1) is 0 Å². The molecule has 1 aliphatic heterocycles. The van der Waals surface area contributed by atoms with Crippen molar-refractivity contribution < 1.29 is 5.11 Å². The first-order chi connectivity index (χ1) is 5.81. The summed E-state index contributed by atoms with van der Waals surface area (Å²) in [5.41, 5.74) is 2.44. The second kappa shape index (κ2) is 2.70. The molecule has 0 fully saturated rings. The fourth-order valence-corrected chi connectivity index (χ4v) is 1.76. The molecule has 0 saturated heterocycles. The number of rotatable bonds is 1. The van der Waals surface area contributed by atoms with E-state index in [4.69, 9.17) is 0 Å². The molecular formula is C10H13NO. The highest BCUT2D eigenvalue weighted by Gasteiger charge is 2.20. The fourth-order valence-electron chi connectivity index (χ4n) is 1.76. The third kappa shape index (κ3) is 1.04. The lowest BCUT2D eigenvalue weighted by Crippen LogP contribution is -1.99. The fraction of sp³-hybridized carbons (Fsp3) is 0.400. The summed E-state index contributed by atoms with van der Waals surface area (Å²) in [6.45, 7) is 3.18. The normalized spacial score (nSPS) is 20.2. The van der Waals surface area contributed by atoms with E-state index in [1.165, 1.54) is 11.3 Å². The van der Waals surface area contributed by atoms with Crippen molar-refractivity contribution in [3.63, 3.8) is 0 Å². The van der Waals surface area contributed by atoms with Gasteiger partial charge in [-0.3, -0.25) is 0 Å². The van der Waals surface area contributed by atoms with E-state index in [9.17, 15) is 5.11 Å². The predicted molar refractivity (Wildman–Crippen MR) is 49.6 cm³/mol. The summed E-state index contributed by atoms with van der Waals surface area (Å²) in [5.74, 6) is 0.947. The van der Waals surface area contributed by atoms with E-state index in [1.807, 2.05) is 12.1 Å². The van der Waals surface area contributed by atoms with Crippen molar-refractivity contribution in [2.24, 2.45) is 0 Å². The zero-order valence-corrected chi connectivity index (χ0v) is 7.17. The molecule has 0 bridgehead atoms. The Morgan fingerprint density at radius 1 is 1.58 bits per heavy atom. The summed E-state index contributed by atoms with van der Waals surface area (Å²) in [5, 5.41) is 12.6. The molecule has 0 spiro atoms. The lowest BCUT2D eigenvalue weighted by molar-refractivity contribution is 0.474. The predicted octanol–water partition coefficient (Wildman–Crippen LogP) is 2.31. The van der Waals surface area contributed by atoms with Crippen LogP contribution in [-0.2, 0) is 0 Å². The number of hydrogen-bond acceptors (Lipinski definition) is 2. The van der Waals surface area contributed by atoms with Gasteiger partial charge in [-0.25, -0.2) is 0 Å². The third-order valence-corrected chi connectivity index (χ3v) is 2.51. The van der Waals surface area contributed by atoms with Crippen LogP contribution >= 0.6 is 0 Å². The van der Waals surface area contributed by atoms with Gasteiger partial charge < -0.3 is 10.4 Å². The zero-order valence-electron chi connectivity index (χ0n) is 7.17. The molecule has 1 atom stereocenters. The van der Waals surface area contributed by atoms with Gasteiger partial charge in [-0.05, 0) is 30.2 Å². The quantitative estimate of drug-likeness (QED) is 0.623. The number of phenolic OH excluding ortho intramolecular Hbond substituents is 1. The minimum absolute atomic E-state index is 0.371. The average Bonchev–Trinajstić information content (AvgIpc) is 2.46. The van der Waals surface area contributed by atoms with Crippen molar-refractivity contribution in [1.82, 2.24) is 0 Å². The molecule has 0 unspecified atom stereocenters.